The SMILES string of the molecule is COC(=O)/C=C(\C)c1ccc2c(c1)c(-c1cc(C(C)(C)C)cc(C(C)(C)C)c1OC(F)C(F)F)cn2S(=O)(=O)c1ccccc1. The summed E-state index contributed by atoms with van der Waals surface area (Å²) in [6, 6.07) is 16.4. The highest BCUT2D eigenvalue weighted by Crippen LogP contribution is 2.46. The Hall–Kier alpha value is -4.05. The summed E-state index contributed by atoms with van der Waals surface area (Å²) in [6.45, 7) is 13.3. The molecule has 0 radical (unpaired) electrons. The molecule has 6 nitrogen and oxygen atoms in total. The van der Waals surface area contributed by atoms with Gasteiger partial charge in [0.2, 0.25) is 0 Å². The van der Waals surface area contributed by atoms with Crippen molar-refractivity contribution in [2.45, 2.75) is 77.0 Å². The maximum absolute atomic E-state index is 14.7. The first-order chi connectivity index (χ1) is 20.9. The van der Waals surface area contributed by atoms with Crippen molar-refractivity contribution >= 4 is 32.5 Å². The molecule has 0 N–H and O–H groups in total. The quantitative estimate of drug-likeness (QED) is 0.142. The second-order valence-electron chi connectivity index (χ2n) is 12.9. The number of hydrogen-bond acceptors (Lipinski definition) is 5. The number of carbonyl (C=O) groups excluding carboxylic acids is 1. The molecule has 1 aromatic heterocycles. The Balaban J connectivity index is 2.19. The molecule has 0 spiro atoms. The van der Waals surface area contributed by atoms with E-state index in [0.29, 0.717) is 33.2 Å². The van der Waals surface area contributed by atoms with Gasteiger partial charge in [0.1, 0.15) is 5.75 Å². The van der Waals surface area contributed by atoms with E-state index in [4.69, 9.17) is 9.47 Å². The van der Waals surface area contributed by atoms with Crippen LogP contribution in [-0.4, -0.2) is 38.3 Å². The molecule has 0 saturated carbocycles. The van der Waals surface area contributed by atoms with Gasteiger partial charge < -0.3 is 9.47 Å². The third kappa shape index (κ3) is 6.96. The van der Waals surface area contributed by atoms with Gasteiger partial charge in [-0.3, -0.25) is 0 Å². The van der Waals surface area contributed by atoms with Crippen molar-refractivity contribution in [1.82, 2.24) is 3.97 Å². The number of carbonyl (C=O) groups is 1. The van der Waals surface area contributed by atoms with Crippen molar-refractivity contribution in [1.29, 1.82) is 0 Å². The van der Waals surface area contributed by atoms with Crippen molar-refractivity contribution in [3.63, 3.8) is 0 Å². The van der Waals surface area contributed by atoms with Crippen molar-refractivity contribution in [2.75, 3.05) is 7.11 Å². The Labute approximate surface area is 262 Å². The monoisotopic (exact) mass is 641 g/mol. The molecule has 45 heavy (non-hydrogen) atoms. The van der Waals surface area contributed by atoms with E-state index in [9.17, 15) is 26.4 Å². The molecule has 0 aliphatic carbocycles. The van der Waals surface area contributed by atoms with Gasteiger partial charge in [0.15, 0.2) is 0 Å². The lowest BCUT2D eigenvalue weighted by Crippen LogP contribution is -2.24. The molecule has 240 valence electrons. The number of methoxy groups -OCH3 is 1. The number of hydrogen-bond donors (Lipinski definition) is 0. The number of benzene rings is 3. The standard InChI is InChI=1S/C35H38F3NO5S/c1-21(16-30(40)43-8)22-14-15-29-25(17-22)27(20-39(29)45(41,42)24-12-10-9-11-13-24)26-18-23(34(2,3)4)19-28(35(5,6)7)31(26)44-33(38)32(36)37/h9-20,32-33H,1-8H3/b21-16+. The zero-order valence-corrected chi connectivity index (χ0v) is 27.4. The molecular formula is C35H38F3NO5S. The fourth-order valence-electron chi connectivity index (χ4n) is 4.99. The van der Waals surface area contributed by atoms with E-state index >= 15 is 0 Å². The van der Waals surface area contributed by atoms with Gasteiger partial charge in [0.25, 0.3) is 16.4 Å². The molecule has 1 atom stereocenters. The number of fused-ring (bicyclic) bond motifs is 1. The zero-order valence-electron chi connectivity index (χ0n) is 26.6. The fraction of sp³-hybridized carbons (Fsp3) is 0.343. The van der Waals surface area contributed by atoms with Crippen molar-refractivity contribution < 1.29 is 35.9 Å². The third-order valence-corrected chi connectivity index (χ3v) is 9.23. The molecular weight excluding hydrogens is 603 g/mol. The van der Waals surface area contributed by atoms with Crippen LogP contribution in [-0.2, 0) is 30.4 Å². The lowest BCUT2D eigenvalue weighted by Gasteiger charge is -2.30. The highest BCUT2D eigenvalue weighted by Gasteiger charge is 2.32. The summed E-state index contributed by atoms with van der Waals surface area (Å²) < 4.78 is 81.2. The van der Waals surface area contributed by atoms with Crippen LogP contribution in [0.15, 0.2) is 77.8 Å². The molecule has 4 rings (SSSR count). The minimum Gasteiger partial charge on any atom is -0.466 e. The molecule has 1 heterocycles. The highest BCUT2D eigenvalue weighted by molar-refractivity contribution is 7.90. The predicted molar refractivity (Wildman–Crippen MR) is 171 cm³/mol. The summed E-state index contributed by atoms with van der Waals surface area (Å²) in [5.41, 5.74) is 2.20. The van der Waals surface area contributed by atoms with E-state index < -0.39 is 39.6 Å². The van der Waals surface area contributed by atoms with Crippen LogP contribution in [0.5, 0.6) is 5.75 Å². The van der Waals surface area contributed by atoms with Gasteiger partial charge in [0, 0.05) is 34.3 Å². The number of rotatable bonds is 8. The van der Waals surface area contributed by atoms with E-state index in [-0.39, 0.29) is 16.2 Å². The summed E-state index contributed by atoms with van der Waals surface area (Å²) >= 11 is 0. The molecule has 0 saturated heterocycles. The molecule has 0 aliphatic rings. The molecule has 10 heteroatoms. The lowest BCUT2D eigenvalue weighted by molar-refractivity contribution is -0.134. The second kappa shape index (κ2) is 12.4. The van der Waals surface area contributed by atoms with Gasteiger partial charge in [0.05, 0.1) is 17.5 Å². The minimum absolute atomic E-state index is 0.0381. The summed E-state index contributed by atoms with van der Waals surface area (Å²) in [6.07, 6.45) is -3.62. The number of aromatic nitrogens is 1. The largest absolute Gasteiger partial charge is 0.466 e. The molecule has 0 amide bonds. The van der Waals surface area contributed by atoms with Crippen LogP contribution in [0.3, 0.4) is 0 Å². The van der Waals surface area contributed by atoms with E-state index in [1.807, 2.05) is 47.6 Å². The Morgan fingerprint density at radius 3 is 2.09 bits per heavy atom. The van der Waals surface area contributed by atoms with Gasteiger partial charge in [-0.05, 0) is 64.8 Å². The first kappa shape index (κ1) is 33.8. The van der Waals surface area contributed by atoms with E-state index in [0.717, 1.165) is 9.54 Å². The van der Waals surface area contributed by atoms with Crippen LogP contribution in [0.25, 0.3) is 27.6 Å². The summed E-state index contributed by atoms with van der Waals surface area (Å²) in [5, 5.41) is 0.424. The molecule has 1 unspecified atom stereocenters. The van der Waals surface area contributed by atoms with E-state index in [1.54, 1.807) is 49.4 Å². The van der Waals surface area contributed by atoms with Crippen LogP contribution in [0.4, 0.5) is 13.2 Å². The van der Waals surface area contributed by atoms with E-state index in [2.05, 4.69) is 0 Å². The van der Waals surface area contributed by atoms with Crippen LogP contribution < -0.4 is 4.74 Å². The van der Waals surface area contributed by atoms with Crippen LogP contribution in [0, 0.1) is 0 Å². The van der Waals surface area contributed by atoms with Crippen LogP contribution >= 0.6 is 0 Å². The average molecular weight is 642 g/mol. The van der Waals surface area contributed by atoms with Crippen LogP contribution in [0.1, 0.15) is 65.2 Å². The third-order valence-electron chi connectivity index (χ3n) is 7.54. The van der Waals surface area contributed by atoms with Gasteiger partial charge in [-0.1, -0.05) is 71.9 Å². The van der Waals surface area contributed by atoms with Crippen LogP contribution in [0.2, 0.25) is 0 Å². The van der Waals surface area contributed by atoms with Crippen molar-refractivity contribution in [3.05, 3.63) is 89.6 Å². The summed E-state index contributed by atoms with van der Waals surface area (Å²) in [4.78, 5) is 12.0. The number of allylic oxidation sites excluding steroid dienone is 1. The Morgan fingerprint density at radius 1 is 0.889 bits per heavy atom. The van der Waals surface area contributed by atoms with Gasteiger partial charge in [-0.2, -0.15) is 4.39 Å². The normalized spacial score (nSPS) is 13.7. The Bertz CT molecular complexity index is 1870. The summed E-state index contributed by atoms with van der Waals surface area (Å²) in [7, 11) is -2.88. The lowest BCUT2D eigenvalue weighted by atomic mass is 9.78. The van der Waals surface area contributed by atoms with Gasteiger partial charge in [-0.15, -0.1) is 0 Å². The fourth-order valence-corrected chi connectivity index (χ4v) is 6.38. The van der Waals surface area contributed by atoms with Gasteiger partial charge in [-0.25, -0.2) is 26.0 Å². The van der Waals surface area contributed by atoms with E-state index in [1.165, 1.54) is 31.5 Å². The number of alkyl halides is 3. The number of nitrogens with zero attached hydrogens (tertiary/aromatic N) is 1. The minimum atomic E-state index is -4.14. The molecule has 4 aromatic rings. The van der Waals surface area contributed by atoms with Crippen molar-refractivity contribution in [3.8, 4) is 16.9 Å². The Kier molecular flexibility index (Phi) is 9.31. The molecule has 0 aliphatic heterocycles. The topological polar surface area (TPSA) is 74.6 Å². The number of ether oxygens (including phenoxy) is 2. The predicted octanol–water partition coefficient (Wildman–Crippen LogP) is 8.66. The molecule has 3 aromatic carbocycles. The smallest absolute Gasteiger partial charge is 0.330 e. The first-order valence-electron chi connectivity index (χ1n) is 14.4. The Morgan fingerprint density at radius 2 is 1.53 bits per heavy atom. The van der Waals surface area contributed by atoms with Crippen molar-refractivity contribution in [2.24, 2.45) is 0 Å². The molecule has 0 bridgehead atoms. The van der Waals surface area contributed by atoms with Gasteiger partial charge >= 0.3 is 12.4 Å². The second-order valence-corrected chi connectivity index (χ2v) is 14.8. The zero-order chi connectivity index (χ0) is 33.5. The maximum atomic E-state index is 14.7. The highest BCUT2D eigenvalue weighted by atomic mass is 32.2. The average Bonchev–Trinajstić information content (AvgIpc) is 3.36. The number of halogens is 3. The number of esters is 1. The molecule has 0 fully saturated rings. The summed E-state index contributed by atoms with van der Waals surface area (Å²) in [5.74, 6) is -0.673. The first-order valence-corrected chi connectivity index (χ1v) is 15.8. The maximum Gasteiger partial charge on any atom is 0.330 e.